The molecule has 0 aliphatic heterocycles. The normalized spacial score (nSPS) is 10.4. The summed E-state index contributed by atoms with van der Waals surface area (Å²) < 4.78 is 11.0. The Morgan fingerprint density at radius 1 is 1.09 bits per heavy atom. The van der Waals surface area contributed by atoms with E-state index in [1.165, 1.54) is 0 Å². The highest BCUT2D eigenvalue weighted by atomic mass is 35.5. The van der Waals surface area contributed by atoms with E-state index in [9.17, 15) is 0 Å². The zero-order valence-corrected chi connectivity index (χ0v) is 14.2. The molecule has 0 heterocycles. The molecule has 2 aromatic carbocycles. The highest BCUT2D eigenvalue weighted by molar-refractivity contribution is 6.34. The van der Waals surface area contributed by atoms with Gasteiger partial charge < -0.3 is 14.4 Å². The van der Waals surface area contributed by atoms with Crippen LogP contribution in [0.3, 0.4) is 0 Å². The third-order valence-electron chi connectivity index (χ3n) is 3.31. The second-order valence-electron chi connectivity index (χ2n) is 4.70. The first kappa shape index (κ1) is 16.8. The summed E-state index contributed by atoms with van der Waals surface area (Å²) in [5.41, 5.74) is 1.10. The molecular weight excluding hydrogens is 321 g/mol. The molecule has 0 aliphatic rings. The molecule has 0 bridgehead atoms. The minimum absolute atomic E-state index is 0.519. The van der Waals surface area contributed by atoms with Crippen LogP contribution >= 0.6 is 23.2 Å². The minimum atomic E-state index is 0.519. The molecule has 2 aromatic rings. The molecular formula is C17H19Cl2NO2. The smallest absolute Gasteiger partial charge is 0.139 e. The third kappa shape index (κ3) is 4.46. The SMILES string of the molecule is CCN(CCOc1cc(Cl)ccc1Cl)c1cccc(OC)c1. The van der Waals surface area contributed by atoms with Crippen LogP contribution in [0.5, 0.6) is 11.5 Å². The van der Waals surface area contributed by atoms with Crippen LogP contribution in [0.2, 0.25) is 10.0 Å². The number of ether oxygens (including phenoxy) is 2. The molecule has 0 saturated carbocycles. The predicted molar refractivity (Wildman–Crippen MR) is 92.8 cm³/mol. The summed E-state index contributed by atoms with van der Waals surface area (Å²) in [6, 6.07) is 13.2. The standard InChI is InChI=1S/C17H19Cl2NO2/c1-3-20(14-5-4-6-15(12-14)21-2)9-10-22-17-11-13(18)7-8-16(17)19/h4-8,11-12H,3,9-10H2,1-2H3. The van der Waals surface area contributed by atoms with Gasteiger partial charge in [-0.1, -0.05) is 29.3 Å². The van der Waals surface area contributed by atoms with Gasteiger partial charge >= 0.3 is 0 Å². The number of likely N-dealkylation sites (N-methyl/N-ethyl adjacent to an activating group) is 1. The summed E-state index contributed by atoms with van der Waals surface area (Å²) in [6.07, 6.45) is 0. The van der Waals surface area contributed by atoms with Gasteiger partial charge in [-0.3, -0.25) is 0 Å². The molecule has 0 saturated heterocycles. The Morgan fingerprint density at radius 3 is 2.64 bits per heavy atom. The van der Waals surface area contributed by atoms with E-state index in [4.69, 9.17) is 32.7 Å². The molecule has 0 radical (unpaired) electrons. The van der Waals surface area contributed by atoms with Gasteiger partial charge in [0, 0.05) is 29.4 Å². The molecule has 2 rings (SSSR count). The maximum atomic E-state index is 6.09. The second kappa shape index (κ2) is 8.16. The first-order valence-electron chi connectivity index (χ1n) is 7.11. The summed E-state index contributed by atoms with van der Waals surface area (Å²) >= 11 is 12.0. The number of hydrogen-bond donors (Lipinski definition) is 0. The van der Waals surface area contributed by atoms with Gasteiger partial charge in [0.15, 0.2) is 0 Å². The number of benzene rings is 2. The molecule has 0 unspecified atom stereocenters. The van der Waals surface area contributed by atoms with Crippen molar-refractivity contribution in [3.63, 3.8) is 0 Å². The summed E-state index contributed by atoms with van der Waals surface area (Å²) in [5, 5.41) is 1.17. The minimum Gasteiger partial charge on any atom is -0.497 e. The lowest BCUT2D eigenvalue weighted by Gasteiger charge is -2.23. The van der Waals surface area contributed by atoms with E-state index in [1.807, 2.05) is 18.2 Å². The first-order chi connectivity index (χ1) is 10.6. The van der Waals surface area contributed by atoms with Crippen LogP contribution < -0.4 is 14.4 Å². The van der Waals surface area contributed by atoms with E-state index in [1.54, 1.807) is 25.3 Å². The fourth-order valence-corrected chi connectivity index (χ4v) is 2.46. The van der Waals surface area contributed by atoms with Crippen LogP contribution in [-0.2, 0) is 0 Å². The molecule has 0 atom stereocenters. The highest BCUT2D eigenvalue weighted by Gasteiger charge is 2.07. The zero-order valence-electron chi connectivity index (χ0n) is 12.7. The fourth-order valence-electron chi connectivity index (χ4n) is 2.13. The van der Waals surface area contributed by atoms with Gasteiger partial charge in [0.1, 0.15) is 18.1 Å². The lowest BCUT2D eigenvalue weighted by Crippen LogP contribution is -2.28. The van der Waals surface area contributed by atoms with Crippen molar-refractivity contribution < 1.29 is 9.47 Å². The van der Waals surface area contributed by atoms with E-state index < -0.39 is 0 Å². The molecule has 0 spiro atoms. The number of nitrogens with zero attached hydrogens (tertiary/aromatic N) is 1. The summed E-state index contributed by atoms with van der Waals surface area (Å²) in [7, 11) is 1.67. The highest BCUT2D eigenvalue weighted by Crippen LogP contribution is 2.28. The van der Waals surface area contributed by atoms with Crippen molar-refractivity contribution >= 4 is 28.9 Å². The van der Waals surface area contributed by atoms with Crippen LogP contribution in [-0.4, -0.2) is 26.8 Å². The van der Waals surface area contributed by atoms with Gasteiger partial charge in [-0.2, -0.15) is 0 Å². The lowest BCUT2D eigenvalue weighted by molar-refractivity contribution is 0.324. The van der Waals surface area contributed by atoms with Crippen LogP contribution in [0.15, 0.2) is 42.5 Å². The average molecular weight is 340 g/mol. The van der Waals surface area contributed by atoms with Gasteiger partial charge in [-0.25, -0.2) is 0 Å². The van der Waals surface area contributed by atoms with Crippen LogP contribution in [0.25, 0.3) is 0 Å². The van der Waals surface area contributed by atoms with Crippen LogP contribution in [0.1, 0.15) is 6.92 Å². The van der Waals surface area contributed by atoms with Crippen molar-refractivity contribution in [2.24, 2.45) is 0 Å². The second-order valence-corrected chi connectivity index (χ2v) is 5.55. The van der Waals surface area contributed by atoms with E-state index >= 15 is 0 Å². The third-order valence-corrected chi connectivity index (χ3v) is 3.86. The zero-order chi connectivity index (χ0) is 15.9. The Hall–Kier alpha value is -1.58. The number of rotatable bonds is 7. The van der Waals surface area contributed by atoms with Crippen molar-refractivity contribution in [2.45, 2.75) is 6.92 Å². The Bertz CT molecular complexity index is 619. The number of halogens is 2. The fraction of sp³-hybridized carbons (Fsp3) is 0.294. The van der Waals surface area contributed by atoms with Crippen molar-refractivity contribution in [1.29, 1.82) is 0 Å². The predicted octanol–water partition coefficient (Wildman–Crippen LogP) is 4.91. The Morgan fingerprint density at radius 2 is 1.91 bits per heavy atom. The Kier molecular flexibility index (Phi) is 6.22. The molecule has 0 N–H and O–H groups in total. The molecule has 22 heavy (non-hydrogen) atoms. The Balaban J connectivity index is 1.97. The molecule has 0 fully saturated rings. The van der Waals surface area contributed by atoms with Gasteiger partial charge in [0.05, 0.1) is 18.7 Å². The van der Waals surface area contributed by atoms with Crippen molar-refractivity contribution in [2.75, 3.05) is 31.7 Å². The summed E-state index contributed by atoms with van der Waals surface area (Å²) in [6.45, 7) is 4.24. The van der Waals surface area contributed by atoms with Gasteiger partial charge in [0.25, 0.3) is 0 Å². The molecule has 3 nitrogen and oxygen atoms in total. The first-order valence-corrected chi connectivity index (χ1v) is 7.86. The summed E-state index contributed by atoms with van der Waals surface area (Å²) in [4.78, 5) is 2.21. The number of hydrogen-bond acceptors (Lipinski definition) is 3. The Labute approximate surface area is 141 Å². The molecule has 118 valence electrons. The maximum Gasteiger partial charge on any atom is 0.139 e. The number of anilines is 1. The van der Waals surface area contributed by atoms with Crippen molar-refractivity contribution in [3.05, 3.63) is 52.5 Å². The van der Waals surface area contributed by atoms with E-state index in [-0.39, 0.29) is 0 Å². The number of methoxy groups -OCH3 is 1. The molecule has 0 aromatic heterocycles. The van der Waals surface area contributed by atoms with Crippen molar-refractivity contribution in [1.82, 2.24) is 0 Å². The van der Waals surface area contributed by atoms with Gasteiger partial charge in [-0.05, 0) is 31.2 Å². The topological polar surface area (TPSA) is 21.7 Å². The average Bonchev–Trinajstić information content (AvgIpc) is 2.54. The van der Waals surface area contributed by atoms with Crippen molar-refractivity contribution in [3.8, 4) is 11.5 Å². The van der Waals surface area contributed by atoms with Crippen LogP contribution in [0, 0.1) is 0 Å². The quantitative estimate of drug-likeness (QED) is 0.715. The monoisotopic (exact) mass is 339 g/mol. The molecule has 0 aliphatic carbocycles. The lowest BCUT2D eigenvalue weighted by atomic mass is 10.2. The van der Waals surface area contributed by atoms with E-state index in [0.717, 1.165) is 24.5 Å². The van der Waals surface area contributed by atoms with E-state index in [2.05, 4.69) is 17.9 Å². The van der Waals surface area contributed by atoms with E-state index in [0.29, 0.717) is 22.4 Å². The largest absolute Gasteiger partial charge is 0.497 e. The van der Waals surface area contributed by atoms with Gasteiger partial charge in [0.2, 0.25) is 0 Å². The molecule has 0 amide bonds. The summed E-state index contributed by atoms with van der Waals surface area (Å²) in [5.74, 6) is 1.45. The van der Waals surface area contributed by atoms with Gasteiger partial charge in [-0.15, -0.1) is 0 Å². The molecule has 5 heteroatoms. The maximum absolute atomic E-state index is 6.09. The van der Waals surface area contributed by atoms with Crippen LogP contribution in [0.4, 0.5) is 5.69 Å².